The molecule has 24 heavy (non-hydrogen) atoms. The molecule has 0 spiro atoms. The van der Waals surface area contributed by atoms with Gasteiger partial charge in [0.25, 0.3) is 5.91 Å². The molecule has 0 atom stereocenters. The Hall–Kier alpha value is -2.58. The van der Waals surface area contributed by atoms with Crippen LogP contribution in [-0.4, -0.2) is 24.5 Å². The number of halogens is 2. The second-order valence-corrected chi connectivity index (χ2v) is 5.62. The lowest BCUT2D eigenvalue weighted by atomic mass is 10.2. The molecule has 0 radical (unpaired) electrons. The van der Waals surface area contributed by atoms with Gasteiger partial charge in [0.05, 0.1) is 12.5 Å². The van der Waals surface area contributed by atoms with Crippen molar-refractivity contribution in [3.05, 3.63) is 64.4 Å². The first kappa shape index (κ1) is 17.8. The molecule has 0 N–H and O–H groups in total. The molecule has 2 aromatic rings. The van der Waals surface area contributed by atoms with E-state index in [2.05, 4.69) is 6.07 Å². The molecule has 6 heteroatoms. The van der Waals surface area contributed by atoms with Gasteiger partial charge in [-0.25, -0.2) is 4.39 Å². The minimum absolute atomic E-state index is 0.0643. The summed E-state index contributed by atoms with van der Waals surface area (Å²) >= 11 is 5.96. The van der Waals surface area contributed by atoms with E-state index >= 15 is 0 Å². The zero-order valence-corrected chi connectivity index (χ0v) is 13.9. The first-order valence-corrected chi connectivity index (χ1v) is 7.64. The van der Waals surface area contributed by atoms with Gasteiger partial charge in [0.1, 0.15) is 11.6 Å². The van der Waals surface area contributed by atoms with E-state index in [1.165, 1.54) is 17.0 Å². The van der Waals surface area contributed by atoms with Gasteiger partial charge >= 0.3 is 0 Å². The molecular formula is C18H16ClFN2O2. The Labute approximate surface area is 145 Å². The second-order valence-electron chi connectivity index (χ2n) is 5.22. The van der Waals surface area contributed by atoms with Crippen molar-refractivity contribution in [1.82, 2.24) is 4.90 Å². The minimum atomic E-state index is -0.448. The number of carbonyl (C=O) groups excluding carboxylic acids is 1. The van der Waals surface area contributed by atoms with Gasteiger partial charge in [0, 0.05) is 24.2 Å². The average Bonchev–Trinajstić information content (AvgIpc) is 2.57. The van der Waals surface area contributed by atoms with E-state index in [-0.39, 0.29) is 29.6 Å². The number of nitriles is 1. The maximum Gasteiger partial charge on any atom is 0.260 e. The molecule has 2 rings (SSSR count). The Morgan fingerprint density at radius 3 is 2.62 bits per heavy atom. The Morgan fingerprint density at radius 2 is 2.00 bits per heavy atom. The van der Waals surface area contributed by atoms with Crippen LogP contribution in [0.15, 0.2) is 42.5 Å². The first-order chi connectivity index (χ1) is 11.5. The first-order valence-electron chi connectivity index (χ1n) is 7.27. The third-order valence-corrected chi connectivity index (χ3v) is 3.81. The molecule has 0 unspecified atom stereocenters. The summed E-state index contributed by atoms with van der Waals surface area (Å²) in [4.78, 5) is 13.5. The SMILES string of the molecule is CN(Cc1c(F)cccc1Cl)C(=O)COc1ccc(CC#N)cc1. The van der Waals surface area contributed by atoms with Gasteiger partial charge in [-0.05, 0) is 29.8 Å². The number of nitrogens with zero attached hydrogens (tertiary/aromatic N) is 2. The predicted octanol–water partition coefficient (Wildman–Crippen LogP) is 3.58. The topological polar surface area (TPSA) is 53.3 Å². The second kappa shape index (κ2) is 8.32. The normalized spacial score (nSPS) is 10.1. The minimum Gasteiger partial charge on any atom is -0.484 e. The van der Waals surface area contributed by atoms with Crippen molar-refractivity contribution in [3.63, 3.8) is 0 Å². The maximum absolute atomic E-state index is 13.7. The summed E-state index contributed by atoms with van der Waals surface area (Å²) in [5.74, 6) is -0.214. The molecule has 2 aromatic carbocycles. The van der Waals surface area contributed by atoms with Crippen molar-refractivity contribution in [1.29, 1.82) is 5.26 Å². The summed E-state index contributed by atoms with van der Waals surface area (Å²) in [5.41, 5.74) is 1.15. The van der Waals surface area contributed by atoms with Crippen molar-refractivity contribution < 1.29 is 13.9 Å². The van der Waals surface area contributed by atoms with Crippen LogP contribution < -0.4 is 4.74 Å². The molecule has 0 saturated carbocycles. The molecule has 1 amide bonds. The smallest absolute Gasteiger partial charge is 0.260 e. The average molecular weight is 347 g/mol. The van der Waals surface area contributed by atoms with Gasteiger partial charge in [-0.3, -0.25) is 4.79 Å². The fraction of sp³-hybridized carbons (Fsp3) is 0.222. The Bertz CT molecular complexity index is 736. The van der Waals surface area contributed by atoms with E-state index in [9.17, 15) is 9.18 Å². The van der Waals surface area contributed by atoms with Gasteiger partial charge in [-0.1, -0.05) is 29.8 Å². The fourth-order valence-electron chi connectivity index (χ4n) is 2.06. The lowest BCUT2D eigenvalue weighted by Gasteiger charge is -2.18. The zero-order valence-electron chi connectivity index (χ0n) is 13.1. The van der Waals surface area contributed by atoms with Crippen LogP contribution in [0, 0.1) is 17.1 Å². The van der Waals surface area contributed by atoms with E-state index in [1.807, 2.05) is 0 Å². The molecule has 0 heterocycles. The lowest BCUT2D eigenvalue weighted by Crippen LogP contribution is -2.31. The van der Waals surface area contributed by atoms with Crippen LogP contribution in [0.5, 0.6) is 5.75 Å². The lowest BCUT2D eigenvalue weighted by molar-refractivity contribution is -0.132. The Balaban J connectivity index is 1.91. The third-order valence-electron chi connectivity index (χ3n) is 3.45. The third kappa shape index (κ3) is 4.71. The number of rotatable bonds is 6. The van der Waals surface area contributed by atoms with Gasteiger partial charge in [-0.15, -0.1) is 0 Å². The van der Waals surface area contributed by atoms with E-state index in [0.717, 1.165) is 5.56 Å². The largest absolute Gasteiger partial charge is 0.484 e. The van der Waals surface area contributed by atoms with Crippen LogP contribution in [0.4, 0.5) is 4.39 Å². The Kier molecular flexibility index (Phi) is 6.16. The number of hydrogen-bond acceptors (Lipinski definition) is 3. The van der Waals surface area contributed by atoms with Crippen LogP contribution >= 0.6 is 11.6 Å². The molecule has 0 aliphatic rings. The molecule has 0 bridgehead atoms. The van der Waals surface area contributed by atoms with Crippen LogP contribution in [-0.2, 0) is 17.8 Å². The fourth-order valence-corrected chi connectivity index (χ4v) is 2.28. The van der Waals surface area contributed by atoms with Crippen LogP contribution in [0.2, 0.25) is 5.02 Å². The highest BCUT2D eigenvalue weighted by Crippen LogP contribution is 2.20. The van der Waals surface area contributed by atoms with Gasteiger partial charge in [0.2, 0.25) is 0 Å². The van der Waals surface area contributed by atoms with Crippen molar-refractivity contribution in [3.8, 4) is 11.8 Å². The van der Waals surface area contributed by atoms with Crippen LogP contribution in [0.3, 0.4) is 0 Å². The maximum atomic E-state index is 13.7. The van der Waals surface area contributed by atoms with Crippen LogP contribution in [0.1, 0.15) is 11.1 Å². The molecular weight excluding hydrogens is 331 g/mol. The van der Waals surface area contributed by atoms with E-state index in [4.69, 9.17) is 21.6 Å². The predicted molar refractivity (Wildman–Crippen MR) is 89.1 cm³/mol. The molecule has 0 aliphatic carbocycles. The monoisotopic (exact) mass is 346 g/mol. The molecule has 4 nitrogen and oxygen atoms in total. The number of benzene rings is 2. The number of likely N-dealkylation sites (N-methyl/N-ethyl adjacent to an activating group) is 1. The molecule has 0 fully saturated rings. The summed E-state index contributed by atoms with van der Waals surface area (Å²) in [6.07, 6.45) is 0.325. The highest BCUT2D eigenvalue weighted by atomic mass is 35.5. The number of amides is 1. The summed E-state index contributed by atoms with van der Waals surface area (Å²) in [6, 6.07) is 13.4. The number of carbonyl (C=O) groups is 1. The molecule has 0 aromatic heterocycles. The molecule has 124 valence electrons. The van der Waals surface area contributed by atoms with Gasteiger partial charge in [-0.2, -0.15) is 5.26 Å². The summed E-state index contributed by atoms with van der Waals surface area (Å²) in [7, 11) is 1.56. The zero-order chi connectivity index (χ0) is 17.5. The van der Waals surface area contributed by atoms with E-state index in [0.29, 0.717) is 12.2 Å². The highest BCUT2D eigenvalue weighted by Gasteiger charge is 2.14. The van der Waals surface area contributed by atoms with Crippen molar-refractivity contribution in [2.45, 2.75) is 13.0 Å². The van der Waals surface area contributed by atoms with Crippen molar-refractivity contribution in [2.75, 3.05) is 13.7 Å². The van der Waals surface area contributed by atoms with Crippen molar-refractivity contribution >= 4 is 17.5 Å². The van der Waals surface area contributed by atoms with Crippen LogP contribution in [0.25, 0.3) is 0 Å². The number of hydrogen-bond donors (Lipinski definition) is 0. The quantitative estimate of drug-likeness (QED) is 0.803. The molecule has 0 aliphatic heterocycles. The summed E-state index contributed by atoms with van der Waals surface area (Å²) in [6.45, 7) is -0.102. The van der Waals surface area contributed by atoms with Gasteiger partial charge < -0.3 is 9.64 Å². The van der Waals surface area contributed by atoms with Crippen molar-refractivity contribution in [2.24, 2.45) is 0 Å². The summed E-state index contributed by atoms with van der Waals surface area (Å²) in [5, 5.41) is 8.90. The van der Waals surface area contributed by atoms with E-state index in [1.54, 1.807) is 37.4 Å². The Morgan fingerprint density at radius 1 is 1.29 bits per heavy atom. The van der Waals surface area contributed by atoms with E-state index < -0.39 is 5.82 Å². The summed E-state index contributed by atoms with van der Waals surface area (Å²) < 4.78 is 19.2. The van der Waals surface area contributed by atoms with Gasteiger partial charge in [0.15, 0.2) is 6.61 Å². The number of ether oxygens (including phenoxy) is 1. The standard InChI is InChI=1S/C18H16ClFN2O2/c1-22(11-15-16(19)3-2-4-17(15)20)18(23)12-24-14-7-5-13(6-8-14)9-10-21/h2-8H,9,11-12H2,1H3. The highest BCUT2D eigenvalue weighted by molar-refractivity contribution is 6.31. The molecule has 0 saturated heterocycles.